The highest BCUT2D eigenvalue weighted by molar-refractivity contribution is 6.06. The monoisotopic (exact) mass is 428 g/mol. The van der Waals surface area contributed by atoms with Gasteiger partial charge in [-0.05, 0) is 63.7 Å². The molecule has 31 heavy (non-hydrogen) atoms. The van der Waals surface area contributed by atoms with E-state index in [0.29, 0.717) is 24.6 Å². The molecule has 8 nitrogen and oxygen atoms in total. The molecule has 0 aromatic heterocycles. The Kier molecular flexibility index (Phi) is 7.19. The molecule has 0 aliphatic carbocycles. The Hall–Kier alpha value is -2.45. The minimum absolute atomic E-state index is 0.136. The number of amides is 3. The summed E-state index contributed by atoms with van der Waals surface area (Å²) in [6.07, 6.45) is 6.45. The summed E-state index contributed by atoms with van der Waals surface area (Å²) in [5.74, 6) is -0.782. The van der Waals surface area contributed by atoms with Crippen LogP contribution in [-0.2, 0) is 20.9 Å². The molecule has 0 bridgehead atoms. The zero-order valence-corrected chi connectivity index (χ0v) is 18.0. The zero-order valence-electron chi connectivity index (χ0n) is 18.0. The Morgan fingerprint density at radius 3 is 2.71 bits per heavy atom. The molecule has 3 aliphatic heterocycles. The lowest BCUT2D eigenvalue weighted by molar-refractivity contribution is -0.136. The van der Waals surface area contributed by atoms with E-state index >= 15 is 0 Å². The summed E-state index contributed by atoms with van der Waals surface area (Å²) in [4.78, 5) is 38.1. The third kappa shape index (κ3) is 5.25. The van der Waals surface area contributed by atoms with Gasteiger partial charge in [-0.1, -0.05) is 6.07 Å². The van der Waals surface area contributed by atoms with Gasteiger partial charge in [-0.25, -0.2) is 0 Å². The molecule has 8 heteroatoms. The van der Waals surface area contributed by atoms with Gasteiger partial charge in [0, 0.05) is 42.9 Å². The molecule has 3 heterocycles. The normalized spacial score (nSPS) is 21.9. The minimum Gasteiger partial charge on any atom is -0.385 e. The van der Waals surface area contributed by atoms with Crippen LogP contribution >= 0.6 is 0 Å². The van der Waals surface area contributed by atoms with E-state index in [1.54, 1.807) is 4.90 Å². The molecule has 1 aromatic rings. The highest BCUT2D eigenvalue weighted by Gasteiger charge is 2.39. The maximum Gasteiger partial charge on any atom is 0.255 e. The van der Waals surface area contributed by atoms with E-state index in [2.05, 4.69) is 16.0 Å². The molecule has 1 unspecified atom stereocenters. The van der Waals surface area contributed by atoms with Crippen molar-refractivity contribution in [2.24, 2.45) is 0 Å². The van der Waals surface area contributed by atoms with Crippen LogP contribution in [0.15, 0.2) is 18.2 Å². The van der Waals surface area contributed by atoms with E-state index in [4.69, 9.17) is 4.74 Å². The van der Waals surface area contributed by atoms with Gasteiger partial charge in [0.05, 0.1) is 6.10 Å². The van der Waals surface area contributed by atoms with Crippen molar-refractivity contribution >= 4 is 23.4 Å². The third-order valence-corrected chi connectivity index (χ3v) is 6.36. The lowest BCUT2D eigenvalue weighted by Crippen LogP contribution is -2.52. The molecule has 3 amide bonds. The first-order valence-electron chi connectivity index (χ1n) is 11.5. The van der Waals surface area contributed by atoms with Crippen LogP contribution < -0.4 is 16.0 Å². The standard InChI is InChI=1S/C23H32N4O4/c28-21-8-7-20(22(29)26-21)27-15-18-17(23(27)30)5-4-6-19(18)25-11-2-1-3-14-31-16-9-12-24-13-10-16/h4-6,16,20,24-25H,1-3,7-15H2,(H,26,28,29). The summed E-state index contributed by atoms with van der Waals surface area (Å²) in [5, 5.41) is 9.16. The zero-order chi connectivity index (χ0) is 21.6. The van der Waals surface area contributed by atoms with Crippen molar-refractivity contribution in [3.63, 3.8) is 0 Å². The van der Waals surface area contributed by atoms with Gasteiger partial charge in [0.1, 0.15) is 6.04 Å². The average molecular weight is 429 g/mol. The van der Waals surface area contributed by atoms with E-state index in [9.17, 15) is 14.4 Å². The SMILES string of the molecule is O=C1CCC(N2Cc3c(NCCCCCOC4CCNCC4)cccc3C2=O)C(=O)N1. The number of nitrogens with zero attached hydrogens (tertiary/aromatic N) is 1. The van der Waals surface area contributed by atoms with Crippen molar-refractivity contribution in [1.29, 1.82) is 0 Å². The molecule has 1 atom stereocenters. The number of unbranched alkanes of at least 4 members (excludes halogenated alkanes) is 2. The molecule has 2 fully saturated rings. The van der Waals surface area contributed by atoms with Crippen LogP contribution in [0.2, 0.25) is 0 Å². The Bertz CT molecular complexity index is 822. The van der Waals surface area contributed by atoms with Crippen LogP contribution in [0.1, 0.15) is 60.9 Å². The summed E-state index contributed by atoms with van der Waals surface area (Å²) in [7, 11) is 0. The number of benzene rings is 1. The van der Waals surface area contributed by atoms with Crippen LogP contribution in [0, 0.1) is 0 Å². The van der Waals surface area contributed by atoms with Crippen LogP contribution in [0.4, 0.5) is 5.69 Å². The van der Waals surface area contributed by atoms with E-state index in [-0.39, 0.29) is 24.1 Å². The minimum atomic E-state index is -0.578. The number of ether oxygens (including phenoxy) is 1. The first-order valence-corrected chi connectivity index (χ1v) is 11.5. The van der Waals surface area contributed by atoms with Gasteiger partial charge in [-0.2, -0.15) is 0 Å². The van der Waals surface area contributed by atoms with E-state index in [1.807, 2.05) is 18.2 Å². The third-order valence-electron chi connectivity index (χ3n) is 6.36. The number of hydrogen-bond donors (Lipinski definition) is 3. The summed E-state index contributed by atoms with van der Waals surface area (Å²) < 4.78 is 5.95. The van der Waals surface area contributed by atoms with Crippen molar-refractivity contribution in [1.82, 2.24) is 15.5 Å². The lowest BCUT2D eigenvalue weighted by Gasteiger charge is -2.29. The Labute approximate surface area is 183 Å². The Balaban J connectivity index is 1.23. The van der Waals surface area contributed by atoms with Crippen molar-refractivity contribution in [3.8, 4) is 0 Å². The molecule has 0 saturated carbocycles. The largest absolute Gasteiger partial charge is 0.385 e. The number of carbonyl (C=O) groups excluding carboxylic acids is 3. The number of hydrogen-bond acceptors (Lipinski definition) is 6. The van der Waals surface area contributed by atoms with Gasteiger partial charge < -0.3 is 20.3 Å². The predicted octanol–water partition coefficient (Wildman–Crippen LogP) is 1.80. The fourth-order valence-electron chi connectivity index (χ4n) is 4.59. The topological polar surface area (TPSA) is 99.8 Å². The Morgan fingerprint density at radius 2 is 1.90 bits per heavy atom. The quantitative estimate of drug-likeness (QED) is 0.410. The maximum atomic E-state index is 12.9. The average Bonchev–Trinajstić information content (AvgIpc) is 3.11. The molecule has 2 saturated heterocycles. The van der Waals surface area contributed by atoms with Crippen molar-refractivity contribution in [2.75, 3.05) is 31.6 Å². The lowest BCUT2D eigenvalue weighted by atomic mass is 10.0. The van der Waals surface area contributed by atoms with Crippen molar-refractivity contribution in [3.05, 3.63) is 29.3 Å². The molecule has 1 aromatic carbocycles. The number of imide groups is 1. The van der Waals surface area contributed by atoms with Gasteiger partial charge in [-0.15, -0.1) is 0 Å². The number of nitrogens with one attached hydrogen (secondary N) is 3. The molecule has 0 radical (unpaired) electrons. The van der Waals surface area contributed by atoms with Crippen LogP contribution in [0.5, 0.6) is 0 Å². The van der Waals surface area contributed by atoms with E-state index in [0.717, 1.165) is 69.6 Å². The molecule has 0 spiro atoms. The number of anilines is 1. The number of rotatable bonds is 9. The highest BCUT2D eigenvalue weighted by atomic mass is 16.5. The maximum absolute atomic E-state index is 12.9. The van der Waals surface area contributed by atoms with Crippen LogP contribution in [0.25, 0.3) is 0 Å². The van der Waals surface area contributed by atoms with Gasteiger partial charge >= 0.3 is 0 Å². The molecular formula is C23H32N4O4. The summed E-state index contributed by atoms with van der Waals surface area (Å²) in [5.41, 5.74) is 2.53. The van der Waals surface area contributed by atoms with Gasteiger partial charge in [0.25, 0.3) is 5.91 Å². The smallest absolute Gasteiger partial charge is 0.255 e. The Morgan fingerprint density at radius 1 is 1.06 bits per heavy atom. The first-order chi connectivity index (χ1) is 15.1. The van der Waals surface area contributed by atoms with Crippen molar-refractivity contribution < 1.29 is 19.1 Å². The number of carbonyl (C=O) groups is 3. The molecule has 3 N–H and O–H groups in total. The summed E-state index contributed by atoms with van der Waals surface area (Å²) in [6, 6.07) is 5.10. The van der Waals surface area contributed by atoms with Crippen LogP contribution in [-0.4, -0.2) is 61.0 Å². The van der Waals surface area contributed by atoms with Gasteiger partial charge in [-0.3, -0.25) is 19.7 Å². The highest BCUT2D eigenvalue weighted by Crippen LogP contribution is 2.32. The second-order valence-corrected chi connectivity index (χ2v) is 8.54. The second kappa shape index (κ2) is 10.2. The predicted molar refractivity (Wildman–Crippen MR) is 117 cm³/mol. The van der Waals surface area contributed by atoms with Gasteiger partial charge in [0.15, 0.2) is 0 Å². The first kappa shape index (κ1) is 21.8. The van der Waals surface area contributed by atoms with E-state index in [1.165, 1.54) is 0 Å². The molecular weight excluding hydrogens is 396 g/mol. The van der Waals surface area contributed by atoms with Crippen molar-refractivity contribution in [2.45, 2.75) is 63.6 Å². The molecule has 3 aliphatic rings. The number of fused-ring (bicyclic) bond motifs is 1. The molecule has 4 rings (SSSR count). The number of piperidine rings is 2. The summed E-state index contributed by atoms with van der Waals surface area (Å²) >= 11 is 0. The molecule has 168 valence electrons. The van der Waals surface area contributed by atoms with Gasteiger partial charge in [0.2, 0.25) is 11.8 Å². The second-order valence-electron chi connectivity index (χ2n) is 8.54. The fourth-order valence-corrected chi connectivity index (χ4v) is 4.59. The van der Waals surface area contributed by atoms with E-state index < -0.39 is 6.04 Å². The van der Waals surface area contributed by atoms with Crippen LogP contribution in [0.3, 0.4) is 0 Å². The summed E-state index contributed by atoms with van der Waals surface area (Å²) in [6.45, 7) is 4.16. The fraction of sp³-hybridized carbons (Fsp3) is 0.609.